The van der Waals surface area contributed by atoms with Gasteiger partial charge in [0.25, 0.3) is 0 Å². The van der Waals surface area contributed by atoms with Crippen LogP contribution in [0.3, 0.4) is 0 Å². The number of hydrogen-bond acceptors (Lipinski definition) is 2. The average molecular weight is 341 g/mol. The summed E-state index contributed by atoms with van der Waals surface area (Å²) in [5.74, 6) is -1.56. The van der Waals surface area contributed by atoms with E-state index in [9.17, 15) is 22.8 Å². The van der Waals surface area contributed by atoms with E-state index >= 15 is 0 Å². The number of fused-ring (bicyclic) bond motifs is 1. The molecule has 5 nitrogen and oxygen atoms in total. The number of carbonyl (C=O) groups is 2. The Bertz CT molecular complexity index is 660. The van der Waals surface area contributed by atoms with Crippen LogP contribution in [0.4, 0.5) is 29.3 Å². The van der Waals surface area contributed by atoms with Crippen LogP contribution in [-0.4, -0.2) is 36.1 Å². The van der Waals surface area contributed by atoms with Crippen molar-refractivity contribution >= 4 is 23.3 Å². The molecule has 1 fully saturated rings. The summed E-state index contributed by atoms with van der Waals surface area (Å²) in [6.07, 6.45) is -2.84. The SMILES string of the molecule is O=C1CCc2ccc(NC(=O)N3CCC[C@@H](C(F)(F)F)C3)cc2N1. The zero-order chi connectivity index (χ0) is 17.3. The molecule has 0 aliphatic carbocycles. The summed E-state index contributed by atoms with van der Waals surface area (Å²) in [6.45, 7) is -0.0168. The summed E-state index contributed by atoms with van der Waals surface area (Å²) in [5.41, 5.74) is 2.06. The molecule has 0 saturated carbocycles. The topological polar surface area (TPSA) is 61.4 Å². The zero-order valence-corrected chi connectivity index (χ0v) is 12.9. The van der Waals surface area contributed by atoms with Crippen molar-refractivity contribution < 1.29 is 22.8 Å². The minimum atomic E-state index is -4.28. The summed E-state index contributed by atoms with van der Waals surface area (Å²) < 4.78 is 38.5. The zero-order valence-electron chi connectivity index (χ0n) is 12.9. The van der Waals surface area contributed by atoms with Gasteiger partial charge in [-0.1, -0.05) is 6.07 Å². The third-order valence-corrected chi connectivity index (χ3v) is 4.43. The molecule has 1 aromatic carbocycles. The Balaban J connectivity index is 1.66. The first kappa shape index (κ1) is 16.6. The molecule has 2 aliphatic heterocycles. The Morgan fingerprint density at radius 1 is 1.29 bits per heavy atom. The fourth-order valence-corrected chi connectivity index (χ4v) is 3.08. The number of likely N-dealkylation sites (tertiary alicyclic amines) is 1. The first-order valence-corrected chi connectivity index (χ1v) is 7.88. The minimum absolute atomic E-state index is 0.0537. The van der Waals surface area contributed by atoms with Crippen molar-refractivity contribution in [2.75, 3.05) is 23.7 Å². The van der Waals surface area contributed by atoms with E-state index in [4.69, 9.17) is 0 Å². The maximum Gasteiger partial charge on any atom is 0.393 e. The van der Waals surface area contributed by atoms with Crippen LogP contribution in [0.5, 0.6) is 0 Å². The lowest BCUT2D eigenvalue weighted by atomic mass is 9.98. The Morgan fingerprint density at radius 3 is 2.83 bits per heavy atom. The molecule has 1 saturated heterocycles. The molecule has 130 valence electrons. The Labute approximate surface area is 137 Å². The van der Waals surface area contributed by atoms with Crippen molar-refractivity contribution in [1.82, 2.24) is 4.90 Å². The molecular formula is C16H18F3N3O2. The molecular weight excluding hydrogens is 323 g/mol. The van der Waals surface area contributed by atoms with Gasteiger partial charge in [-0.2, -0.15) is 13.2 Å². The van der Waals surface area contributed by atoms with Gasteiger partial charge < -0.3 is 15.5 Å². The average Bonchev–Trinajstić information content (AvgIpc) is 2.54. The number of rotatable bonds is 1. The van der Waals surface area contributed by atoms with Crippen LogP contribution >= 0.6 is 0 Å². The van der Waals surface area contributed by atoms with Crippen molar-refractivity contribution in [3.8, 4) is 0 Å². The number of amides is 3. The highest BCUT2D eigenvalue weighted by Crippen LogP contribution is 2.33. The van der Waals surface area contributed by atoms with E-state index in [2.05, 4.69) is 10.6 Å². The van der Waals surface area contributed by atoms with E-state index in [1.807, 2.05) is 0 Å². The van der Waals surface area contributed by atoms with Gasteiger partial charge in [-0.25, -0.2) is 4.79 Å². The number of carbonyl (C=O) groups excluding carboxylic acids is 2. The number of nitrogens with one attached hydrogen (secondary N) is 2. The highest BCUT2D eigenvalue weighted by Gasteiger charge is 2.42. The van der Waals surface area contributed by atoms with Crippen LogP contribution in [-0.2, 0) is 11.2 Å². The van der Waals surface area contributed by atoms with Crippen LogP contribution in [0.1, 0.15) is 24.8 Å². The number of hydrogen-bond donors (Lipinski definition) is 2. The van der Waals surface area contributed by atoms with Crippen molar-refractivity contribution in [2.45, 2.75) is 31.9 Å². The second-order valence-electron chi connectivity index (χ2n) is 6.18. The number of alkyl halides is 3. The standard InChI is InChI=1S/C16H18F3N3O2/c17-16(18,19)11-2-1-7-22(9-11)15(24)20-12-5-3-10-4-6-14(23)21-13(10)8-12/h3,5,8,11H,1-2,4,6-7,9H2,(H,20,24)(H,21,23)/t11-/m1/s1. The third kappa shape index (κ3) is 3.63. The predicted molar refractivity (Wildman–Crippen MR) is 82.8 cm³/mol. The van der Waals surface area contributed by atoms with E-state index in [0.29, 0.717) is 37.2 Å². The number of anilines is 2. The van der Waals surface area contributed by atoms with Crippen LogP contribution in [0.15, 0.2) is 18.2 Å². The molecule has 0 bridgehead atoms. The number of piperidine rings is 1. The molecule has 3 amide bonds. The summed E-state index contributed by atoms with van der Waals surface area (Å²) in [5, 5.41) is 5.34. The summed E-state index contributed by atoms with van der Waals surface area (Å²) in [6, 6.07) is 4.58. The van der Waals surface area contributed by atoms with Crippen LogP contribution in [0.25, 0.3) is 0 Å². The molecule has 24 heavy (non-hydrogen) atoms. The smallest absolute Gasteiger partial charge is 0.326 e. The third-order valence-electron chi connectivity index (χ3n) is 4.43. The summed E-state index contributed by atoms with van der Waals surface area (Å²) >= 11 is 0. The lowest BCUT2D eigenvalue weighted by molar-refractivity contribution is -0.183. The van der Waals surface area contributed by atoms with Gasteiger partial charge in [0.05, 0.1) is 5.92 Å². The van der Waals surface area contributed by atoms with Gasteiger partial charge in [-0.3, -0.25) is 4.79 Å². The van der Waals surface area contributed by atoms with Gasteiger partial charge in [0, 0.05) is 30.9 Å². The minimum Gasteiger partial charge on any atom is -0.326 e. The predicted octanol–water partition coefficient (Wildman–Crippen LogP) is 3.38. The molecule has 3 rings (SSSR count). The van der Waals surface area contributed by atoms with E-state index in [1.165, 1.54) is 4.90 Å². The second-order valence-corrected chi connectivity index (χ2v) is 6.18. The molecule has 1 aromatic rings. The first-order chi connectivity index (χ1) is 11.3. The lowest BCUT2D eigenvalue weighted by Gasteiger charge is -2.33. The van der Waals surface area contributed by atoms with Gasteiger partial charge >= 0.3 is 12.2 Å². The molecule has 2 N–H and O–H groups in total. The molecule has 1 atom stereocenters. The van der Waals surface area contributed by atoms with Crippen molar-refractivity contribution in [1.29, 1.82) is 0 Å². The Kier molecular flexibility index (Phi) is 4.38. The van der Waals surface area contributed by atoms with Crippen molar-refractivity contribution in [2.24, 2.45) is 5.92 Å². The van der Waals surface area contributed by atoms with Crippen LogP contribution < -0.4 is 10.6 Å². The quantitative estimate of drug-likeness (QED) is 0.823. The van der Waals surface area contributed by atoms with Crippen molar-refractivity contribution in [3.63, 3.8) is 0 Å². The van der Waals surface area contributed by atoms with Crippen molar-refractivity contribution in [3.05, 3.63) is 23.8 Å². The van der Waals surface area contributed by atoms with E-state index in [0.717, 1.165) is 5.56 Å². The van der Waals surface area contributed by atoms with Gasteiger partial charge in [-0.05, 0) is 37.0 Å². The monoisotopic (exact) mass is 341 g/mol. The Hall–Kier alpha value is -2.25. The maximum atomic E-state index is 12.8. The second kappa shape index (κ2) is 6.33. The van der Waals surface area contributed by atoms with Gasteiger partial charge in [0.15, 0.2) is 0 Å². The van der Waals surface area contributed by atoms with Crippen LogP contribution in [0.2, 0.25) is 0 Å². The van der Waals surface area contributed by atoms with E-state index in [-0.39, 0.29) is 18.9 Å². The number of benzene rings is 1. The fraction of sp³-hybridized carbons (Fsp3) is 0.500. The van der Waals surface area contributed by atoms with E-state index < -0.39 is 18.1 Å². The normalized spacial score (nSPS) is 21.0. The van der Waals surface area contributed by atoms with Gasteiger partial charge in [0.1, 0.15) is 0 Å². The summed E-state index contributed by atoms with van der Waals surface area (Å²) in [4.78, 5) is 24.9. The molecule has 0 aromatic heterocycles. The number of urea groups is 1. The van der Waals surface area contributed by atoms with E-state index in [1.54, 1.807) is 18.2 Å². The lowest BCUT2D eigenvalue weighted by Crippen LogP contribution is -2.46. The molecule has 2 aliphatic rings. The first-order valence-electron chi connectivity index (χ1n) is 7.88. The largest absolute Gasteiger partial charge is 0.393 e. The molecule has 8 heteroatoms. The maximum absolute atomic E-state index is 12.8. The van der Waals surface area contributed by atoms with Gasteiger partial charge in [-0.15, -0.1) is 0 Å². The molecule has 0 radical (unpaired) electrons. The highest BCUT2D eigenvalue weighted by molar-refractivity contribution is 5.96. The fourth-order valence-electron chi connectivity index (χ4n) is 3.08. The van der Waals surface area contributed by atoms with Crippen LogP contribution in [0, 0.1) is 5.92 Å². The highest BCUT2D eigenvalue weighted by atomic mass is 19.4. The van der Waals surface area contributed by atoms with Gasteiger partial charge in [0.2, 0.25) is 5.91 Å². The number of aryl methyl sites for hydroxylation is 1. The molecule has 0 unspecified atom stereocenters. The number of halogens is 3. The Morgan fingerprint density at radius 2 is 2.08 bits per heavy atom. The molecule has 0 spiro atoms. The number of nitrogens with zero attached hydrogens (tertiary/aromatic N) is 1. The summed E-state index contributed by atoms with van der Waals surface area (Å²) in [7, 11) is 0. The molecule has 2 heterocycles.